The SMILES string of the molecule is C/C(C#N)=C(\C#N)c1ccc(N(C)CCc2ccccc2)cc1. The topological polar surface area (TPSA) is 50.8 Å². The fourth-order valence-electron chi connectivity index (χ4n) is 2.37. The van der Waals surface area contributed by atoms with E-state index in [2.05, 4.69) is 42.3 Å². The summed E-state index contributed by atoms with van der Waals surface area (Å²) in [5.74, 6) is 0. The molecule has 0 unspecified atom stereocenters. The van der Waals surface area contributed by atoms with Gasteiger partial charge in [-0.15, -0.1) is 0 Å². The number of benzene rings is 2. The Kier molecular flexibility index (Phi) is 5.56. The maximum Gasteiger partial charge on any atom is 0.101 e. The zero-order valence-corrected chi connectivity index (χ0v) is 13.5. The van der Waals surface area contributed by atoms with E-state index in [1.165, 1.54) is 5.56 Å². The monoisotopic (exact) mass is 301 g/mol. The van der Waals surface area contributed by atoms with Gasteiger partial charge in [0.25, 0.3) is 0 Å². The summed E-state index contributed by atoms with van der Waals surface area (Å²) in [4.78, 5) is 2.18. The Labute approximate surface area is 137 Å². The van der Waals surface area contributed by atoms with E-state index in [4.69, 9.17) is 5.26 Å². The number of hydrogen-bond donors (Lipinski definition) is 0. The molecule has 114 valence electrons. The molecule has 0 aliphatic carbocycles. The van der Waals surface area contributed by atoms with Crippen molar-refractivity contribution in [3.05, 3.63) is 71.3 Å². The van der Waals surface area contributed by atoms with Gasteiger partial charge in [-0.3, -0.25) is 0 Å². The van der Waals surface area contributed by atoms with Crippen molar-refractivity contribution in [2.45, 2.75) is 13.3 Å². The van der Waals surface area contributed by atoms with Gasteiger partial charge in [-0.05, 0) is 36.6 Å². The molecule has 0 N–H and O–H groups in total. The second-order valence-electron chi connectivity index (χ2n) is 5.43. The van der Waals surface area contributed by atoms with Crippen molar-refractivity contribution in [3.8, 4) is 12.1 Å². The maximum atomic E-state index is 9.20. The lowest BCUT2D eigenvalue weighted by molar-refractivity contribution is 0.877. The van der Waals surface area contributed by atoms with Gasteiger partial charge < -0.3 is 4.90 Å². The molecular weight excluding hydrogens is 282 g/mol. The third-order valence-corrected chi connectivity index (χ3v) is 3.83. The first kappa shape index (κ1) is 16.3. The van der Waals surface area contributed by atoms with Gasteiger partial charge in [0.05, 0.1) is 11.6 Å². The molecule has 0 aromatic heterocycles. The van der Waals surface area contributed by atoms with Crippen LogP contribution >= 0.6 is 0 Å². The van der Waals surface area contributed by atoms with Crippen molar-refractivity contribution in [3.63, 3.8) is 0 Å². The minimum absolute atomic E-state index is 0.436. The van der Waals surface area contributed by atoms with Crippen LogP contribution in [0.3, 0.4) is 0 Å². The molecule has 0 saturated carbocycles. The van der Waals surface area contributed by atoms with E-state index >= 15 is 0 Å². The average Bonchev–Trinajstić information content (AvgIpc) is 2.61. The summed E-state index contributed by atoms with van der Waals surface area (Å²) in [7, 11) is 2.06. The van der Waals surface area contributed by atoms with Gasteiger partial charge >= 0.3 is 0 Å². The average molecular weight is 301 g/mol. The summed E-state index contributed by atoms with van der Waals surface area (Å²) in [6.45, 7) is 2.58. The van der Waals surface area contributed by atoms with Crippen LogP contribution in [0.25, 0.3) is 5.57 Å². The van der Waals surface area contributed by atoms with Crippen LogP contribution in [0.15, 0.2) is 60.2 Å². The number of rotatable bonds is 5. The quantitative estimate of drug-likeness (QED) is 0.778. The highest BCUT2D eigenvalue weighted by molar-refractivity contribution is 5.81. The van der Waals surface area contributed by atoms with Crippen LogP contribution in [0.2, 0.25) is 0 Å². The number of anilines is 1. The fraction of sp³-hybridized carbons (Fsp3) is 0.200. The second kappa shape index (κ2) is 7.82. The van der Waals surface area contributed by atoms with Crippen molar-refractivity contribution in [1.82, 2.24) is 0 Å². The third-order valence-electron chi connectivity index (χ3n) is 3.83. The van der Waals surface area contributed by atoms with E-state index in [0.717, 1.165) is 24.2 Å². The van der Waals surface area contributed by atoms with Crippen molar-refractivity contribution >= 4 is 11.3 Å². The zero-order valence-electron chi connectivity index (χ0n) is 13.5. The molecule has 2 aromatic carbocycles. The van der Waals surface area contributed by atoms with E-state index in [-0.39, 0.29) is 0 Å². The number of nitrogens with zero attached hydrogens (tertiary/aromatic N) is 3. The van der Waals surface area contributed by atoms with E-state index < -0.39 is 0 Å². The summed E-state index contributed by atoms with van der Waals surface area (Å²) < 4.78 is 0. The van der Waals surface area contributed by atoms with Crippen molar-refractivity contribution in [1.29, 1.82) is 10.5 Å². The van der Waals surface area contributed by atoms with Gasteiger partial charge in [-0.2, -0.15) is 10.5 Å². The molecule has 3 nitrogen and oxygen atoms in total. The lowest BCUT2D eigenvalue weighted by Gasteiger charge is -2.19. The molecule has 0 amide bonds. The fourth-order valence-corrected chi connectivity index (χ4v) is 2.37. The summed E-state index contributed by atoms with van der Waals surface area (Å²) >= 11 is 0. The van der Waals surface area contributed by atoms with Crippen molar-refractivity contribution in [2.24, 2.45) is 0 Å². The van der Waals surface area contributed by atoms with Crippen molar-refractivity contribution in [2.75, 3.05) is 18.5 Å². The molecule has 0 saturated heterocycles. The third kappa shape index (κ3) is 4.22. The first-order valence-electron chi connectivity index (χ1n) is 7.52. The molecule has 2 rings (SSSR count). The molecule has 0 bridgehead atoms. The molecule has 0 atom stereocenters. The lowest BCUT2D eigenvalue weighted by atomic mass is 10.0. The van der Waals surface area contributed by atoms with Crippen LogP contribution in [0, 0.1) is 22.7 Å². The van der Waals surface area contributed by atoms with Crippen LogP contribution in [-0.2, 0) is 6.42 Å². The smallest absolute Gasteiger partial charge is 0.101 e. The normalized spacial score (nSPS) is 11.1. The van der Waals surface area contributed by atoms with Crippen LogP contribution in [-0.4, -0.2) is 13.6 Å². The predicted octanol–water partition coefficient (Wildman–Crippen LogP) is 4.19. The van der Waals surface area contributed by atoms with Crippen LogP contribution in [0.5, 0.6) is 0 Å². The van der Waals surface area contributed by atoms with Gasteiger partial charge in [-0.1, -0.05) is 42.5 Å². The molecule has 0 radical (unpaired) electrons. The minimum atomic E-state index is 0.436. The first-order valence-corrected chi connectivity index (χ1v) is 7.52. The maximum absolute atomic E-state index is 9.20. The van der Waals surface area contributed by atoms with Gasteiger partial charge in [0, 0.05) is 24.9 Å². The Morgan fingerprint density at radius 3 is 2.17 bits per heavy atom. The van der Waals surface area contributed by atoms with E-state index in [1.54, 1.807) is 6.92 Å². The Bertz CT molecular complexity index is 759. The molecule has 0 heterocycles. The van der Waals surface area contributed by atoms with Gasteiger partial charge in [0.2, 0.25) is 0 Å². The number of hydrogen-bond acceptors (Lipinski definition) is 3. The summed E-state index contributed by atoms with van der Waals surface area (Å²) in [5.41, 5.74) is 4.07. The standard InChI is InChI=1S/C20H19N3/c1-16(14-21)20(15-22)18-8-10-19(11-9-18)23(2)13-12-17-6-4-3-5-7-17/h3-11H,12-13H2,1-2H3/b20-16-. The van der Waals surface area contributed by atoms with Gasteiger partial charge in [0.1, 0.15) is 6.07 Å². The molecule has 3 heteroatoms. The first-order chi connectivity index (χ1) is 11.2. The van der Waals surface area contributed by atoms with Crippen LogP contribution in [0.1, 0.15) is 18.1 Å². The summed E-state index contributed by atoms with van der Waals surface area (Å²) in [6, 6.07) is 22.3. The summed E-state index contributed by atoms with van der Waals surface area (Å²) in [6.07, 6.45) is 0.982. The lowest BCUT2D eigenvalue weighted by Crippen LogP contribution is -2.20. The minimum Gasteiger partial charge on any atom is -0.374 e. The van der Waals surface area contributed by atoms with Gasteiger partial charge in [0.15, 0.2) is 0 Å². The Morgan fingerprint density at radius 2 is 1.61 bits per heavy atom. The molecule has 2 aromatic rings. The van der Waals surface area contributed by atoms with E-state index in [1.807, 2.05) is 36.4 Å². The molecule has 0 aliphatic rings. The van der Waals surface area contributed by atoms with Crippen molar-refractivity contribution < 1.29 is 0 Å². The second-order valence-corrected chi connectivity index (χ2v) is 5.43. The highest BCUT2D eigenvalue weighted by Crippen LogP contribution is 2.21. The van der Waals surface area contributed by atoms with Crippen LogP contribution in [0.4, 0.5) is 5.69 Å². The highest BCUT2D eigenvalue weighted by Gasteiger charge is 2.07. The number of likely N-dealkylation sites (N-methyl/N-ethyl adjacent to an activating group) is 1. The summed E-state index contributed by atoms with van der Waals surface area (Å²) in [5, 5.41) is 18.2. The zero-order chi connectivity index (χ0) is 16.7. The highest BCUT2D eigenvalue weighted by atomic mass is 15.1. The Balaban J connectivity index is 2.08. The molecule has 0 aliphatic heterocycles. The molecule has 23 heavy (non-hydrogen) atoms. The molecule has 0 fully saturated rings. The van der Waals surface area contributed by atoms with Crippen LogP contribution < -0.4 is 4.90 Å². The van der Waals surface area contributed by atoms with E-state index in [0.29, 0.717) is 11.1 Å². The Hall–Kier alpha value is -3.04. The van der Waals surface area contributed by atoms with E-state index in [9.17, 15) is 5.26 Å². The number of nitriles is 2. The largest absolute Gasteiger partial charge is 0.374 e. The van der Waals surface area contributed by atoms with Gasteiger partial charge in [-0.25, -0.2) is 0 Å². The predicted molar refractivity (Wildman–Crippen MR) is 93.7 cm³/mol. The molecular formula is C20H19N3. The number of allylic oxidation sites excluding steroid dienone is 2. The Morgan fingerprint density at radius 1 is 0.957 bits per heavy atom. The molecule has 0 spiro atoms.